The van der Waals surface area contributed by atoms with E-state index in [0.717, 1.165) is 5.69 Å². The van der Waals surface area contributed by atoms with E-state index >= 15 is 0 Å². The van der Waals surface area contributed by atoms with E-state index in [1.165, 1.54) is 19.3 Å². The highest BCUT2D eigenvalue weighted by Gasteiger charge is 2.22. The van der Waals surface area contributed by atoms with Crippen molar-refractivity contribution < 1.29 is 0 Å². The van der Waals surface area contributed by atoms with Crippen molar-refractivity contribution in [1.82, 2.24) is 9.78 Å². The van der Waals surface area contributed by atoms with Crippen molar-refractivity contribution in [3.63, 3.8) is 0 Å². The molecule has 1 aliphatic carbocycles. The van der Waals surface area contributed by atoms with Gasteiger partial charge in [-0.1, -0.05) is 6.58 Å². The second-order valence-electron chi connectivity index (χ2n) is 3.27. The number of aromatic nitrogens is 2. The van der Waals surface area contributed by atoms with Crippen LogP contribution in [0.3, 0.4) is 0 Å². The molecule has 0 unspecified atom stereocenters. The number of hydrogen-bond donors (Lipinski definition) is 1. The first-order chi connectivity index (χ1) is 5.79. The van der Waals surface area contributed by atoms with Crippen LogP contribution in [0.25, 0.3) is 5.70 Å². The summed E-state index contributed by atoms with van der Waals surface area (Å²) in [5.74, 6) is 0. The lowest BCUT2D eigenvalue weighted by molar-refractivity contribution is 0.287. The smallest absolute Gasteiger partial charge is 0.0836 e. The Hall–Kier alpha value is -1.25. The van der Waals surface area contributed by atoms with Gasteiger partial charge in [-0.15, -0.1) is 0 Å². The molecule has 0 aliphatic heterocycles. The van der Waals surface area contributed by atoms with Crippen molar-refractivity contribution in [2.75, 3.05) is 0 Å². The Balaban J connectivity index is 2.29. The molecule has 0 radical (unpaired) electrons. The molecule has 1 saturated carbocycles. The largest absolute Gasteiger partial charge is 0.397 e. The van der Waals surface area contributed by atoms with E-state index in [-0.39, 0.29) is 0 Å². The van der Waals surface area contributed by atoms with Gasteiger partial charge in [0, 0.05) is 11.9 Å². The van der Waals surface area contributed by atoms with E-state index in [2.05, 4.69) is 11.7 Å². The van der Waals surface area contributed by atoms with Crippen molar-refractivity contribution in [3.8, 4) is 0 Å². The van der Waals surface area contributed by atoms with Gasteiger partial charge in [0.1, 0.15) is 0 Å². The third-order valence-electron chi connectivity index (χ3n) is 2.42. The summed E-state index contributed by atoms with van der Waals surface area (Å²) in [7, 11) is 0. The molecule has 1 aliphatic rings. The quantitative estimate of drug-likeness (QED) is 0.718. The van der Waals surface area contributed by atoms with Gasteiger partial charge in [-0.05, 0) is 25.3 Å². The summed E-state index contributed by atoms with van der Waals surface area (Å²) < 4.78 is 1.99. The molecule has 0 saturated heterocycles. The summed E-state index contributed by atoms with van der Waals surface area (Å²) in [5, 5.41) is 4.24. The van der Waals surface area contributed by atoms with Crippen molar-refractivity contribution in [2.24, 2.45) is 5.73 Å². The minimum atomic E-state index is 0.565. The highest BCUT2D eigenvalue weighted by Crippen LogP contribution is 2.32. The molecule has 1 aromatic rings. The molecule has 0 atom stereocenters. The zero-order valence-electron chi connectivity index (χ0n) is 7.03. The second kappa shape index (κ2) is 2.66. The Bertz CT molecular complexity index is 296. The van der Waals surface area contributed by atoms with Crippen LogP contribution in [0.2, 0.25) is 0 Å². The molecule has 2 N–H and O–H groups in total. The number of rotatable bonds is 2. The van der Waals surface area contributed by atoms with E-state index < -0.39 is 0 Å². The van der Waals surface area contributed by atoms with E-state index in [1.54, 1.807) is 6.20 Å². The topological polar surface area (TPSA) is 43.8 Å². The number of nitrogens with two attached hydrogens (primary N) is 1. The highest BCUT2D eigenvalue weighted by molar-refractivity contribution is 5.56. The SMILES string of the molecule is C=C(N)c1ccnn1C1CCC1. The van der Waals surface area contributed by atoms with Crippen molar-refractivity contribution >= 4 is 5.70 Å². The lowest BCUT2D eigenvalue weighted by Crippen LogP contribution is -2.20. The van der Waals surface area contributed by atoms with Crippen LogP contribution in [-0.2, 0) is 0 Å². The fraction of sp³-hybridized carbons (Fsp3) is 0.444. The third-order valence-corrected chi connectivity index (χ3v) is 2.42. The Labute approximate surface area is 71.9 Å². The van der Waals surface area contributed by atoms with Gasteiger partial charge in [0.25, 0.3) is 0 Å². The van der Waals surface area contributed by atoms with Crippen molar-refractivity contribution in [3.05, 3.63) is 24.5 Å². The predicted molar refractivity (Wildman–Crippen MR) is 48.3 cm³/mol. The highest BCUT2D eigenvalue weighted by atomic mass is 15.3. The van der Waals surface area contributed by atoms with Gasteiger partial charge >= 0.3 is 0 Å². The van der Waals surface area contributed by atoms with Gasteiger partial charge in [0.15, 0.2) is 0 Å². The van der Waals surface area contributed by atoms with Crippen molar-refractivity contribution in [2.45, 2.75) is 25.3 Å². The second-order valence-corrected chi connectivity index (χ2v) is 3.27. The van der Waals surface area contributed by atoms with E-state index in [1.807, 2.05) is 10.7 Å². The Morgan fingerprint density at radius 3 is 2.92 bits per heavy atom. The standard InChI is InChI=1S/C9H13N3/c1-7(10)9-5-6-11-12(9)8-3-2-4-8/h5-6,8H,1-4,10H2. The molecule has 1 fully saturated rings. The van der Waals surface area contributed by atoms with Gasteiger partial charge < -0.3 is 5.73 Å². The zero-order chi connectivity index (χ0) is 8.55. The first-order valence-corrected chi connectivity index (χ1v) is 4.27. The molecule has 1 aromatic heterocycles. The monoisotopic (exact) mass is 163 g/mol. The molecule has 2 rings (SSSR count). The van der Waals surface area contributed by atoms with Gasteiger partial charge in [0.2, 0.25) is 0 Å². The molecule has 0 spiro atoms. The lowest BCUT2D eigenvalue weighted by Gasteiger charge is -2.27. The molecule has 0 amide bonds. The Morgan fingerprint density at radius 1 is 1.67 bits per heavy atom. The van der Waals surface area contributed by atoms with Crippen LogP contribution >= 0.6 is 0 Å². The number of hydrogen-bond acceptors (Lipinski definition) is 2. The summed E-state index contributed by atoms with van der Waals surface area (Å²) in [4.78, 5) is 0. The maximum Gasteiger partial charge on any atom is 0.0836 e. The molecule has 3 heteroatoms. The van der Waals surface area contributed by atoms with Crippen LogP contribution in [0.15, 0.2) is 18.8 Å². The minimum Gasteiger partial charge on any atom is -0.397 e. The fourth-order valence-electron chi connectivity index (χ4n) is 1.49. The van der Waals surface area contributed by atoms with Gasteiger partial charge in [-0.25, -0.2) is 0 Å². The third kappa shape index (κ3) is 1.02. The molecular formula is C9H13N3. The van der Waals surface area contributed by atoms with Crippen LogP contribution in [0, 0.1) is 0 Å². The summed E-state index contributed by atoms with van der Waals surface area (Å²) in [6.07, 6.45) is 5.54. The van der Waals surface area contributed by atoms with Gasteiger partial charge in [0.05, 0.1) is 11.7 Å². The van der Waals surface area contributed by atoms with Crippen molar-refractivity contribution in [1.29, 1.82) is 0 Å². The summed E-state index contributed by atoms with van der Waals surface area (Å²) >= 11 is 0. The molecule has 0 bridgehead atoms. The molecular weight excluding hydrogens is 150 g/mol. The van der Waals surface area contributed by atoms with Crippen LogP contribution < -0.4 is 5.73 Å². The zero-order valence-corrected chi connectivity index (χ0v) is 7.03. The molecule has 12 heavy (non-hydrogen) atoms. The first-order valence-electron chi connectivity index (χ1n) is 4.27. The fourth-order valence-corrected chi connectivity index (χ4v) is 1.49. The summed E-state index contributed by atoms with van der Waals surface area (Å²) in [5.41, 5.74) is 7.20. The normalized spacial score (nSPS) is 17.3. The minimum absolute atomic E-state index is 0.565. The van der Waals surface area contributed by atoms with Crippen LogP contribution in [0.1, 0.15) is 31.0 Å². The summed E-state index contributed by atoms with van der Waals surface area (Å²) in [6, 6.07) is 2.48. The number of nitrogens with zero attached hydrogens (tertiary/aromatic N) is 2. The van der Waals surface area contributed by atoms with E-state index in [4.69, 9.17) is 5.73 Å². The Morgan fingerprint density at radius 2 is 2.42 bits per heavy atom. The first kappa shape index (κ1) is 7.40. The average molecular weight is 163 g/mol. The maximum absolute atomic E-state index is 5.62. The molecule has 3 nitrogen and oxygen atoms in total. The molecule has 0 aromatic carbocycles. The average Bonchev–Trinajstić information content (AvgIpc) is 2.31. The Kier molecular flexibility index (Phi) is 1.64. The molecule has 64 valence electrons. The van der Waals surface area contributed by atoms with Crippen LogP contribution in [-0.4, -0.2) is 9.78 Å². The lowest BCUT2D eigenvalue weighted by atomic mass is 9.93. The molecule has 1 heterocycles. The maximum atomic E-state index is 5.62. The van der Waals surface area contributed by atoms with Gasteiger partial charge in [-0.2, -0.15) is 5.10 Å². The van der Waals surface area contributed by atoms with Crippen LogP contribution in [0.4, 0.5) is 0 Å². The van der Waals surface area contributed by atoms with E-state index in [0.29, 0.717) is 11.7 Å². The van der Waals surface area contributed by atoms with Gasteiger partial charge in [-0.3, -0.25) is 4.68 Å². The van der Waals surface area contributed by atoms with E-state index in [9.17, 15) is 0 Å². The predicted octanol–water partition coefficient (Wildman–Crippen LogP) is 1.54. The summed E-state index contributed by atoms with van der Waals surface area (Å²) in [6.45, 7) is 3.72. The van der Waals surface area contributed by atoms with Crippen LogP contribution in [0.5, 0.6) is 0 Å².